The van der Waals surface area contributed by atoms with Gasteiger partial charge in [0.05, 0.1) is 12.1 Å². The SMILES string of the molecule is CC(C)C(NC(C)(C)C)C(=O)N[C@@H](CCCCN)C(=O)C(C)(C)C. The van der Waals surface area contributed by atoms with Crippen LogP contribution in [0.3, 0.4) is 0 Å². The highest BCUT2D eigenvalue weighted by Gasteiger charge is 2.33. The van der Waals surface area contributed by atoms with Crippen molar-refractivity contribution < 1.29 is 9.59 Å². The fourth-order valence-corrected chi connectivity index (χ4v) is 2.55. The molecule has 24 heavy (non-hydrogen) atoms. The molecular weight excluding hydrogens is 302 g/mol. The molecule has 0 fully saturated rings. The van der Waals surface area contributed by atoms with E-state index in [1.54, 1.807) is 0 Å². The van der Waals surface area contributed by atoms with Gasteiger partial charge in [-0.1, -0.05) is 34.6 Å². The molecule has 5 heteroatoms. The van der Waals surface area contributed by atoms with E-state index in [4.69, 9.17) is 5.73 Å². The first-order valence-corrected chi connectivity index (χ1v) is 9.12. The van der Waals surface area contributed by atoms with Crippen molar-refractivity contribution in [1.82, 2.24) is 10.6 Å². The van der Waals surface area contributed by atoms with Crippen LogP contribution in [0, 0.1) is 11.3 Å². The van der Waals surface area contributed by atoms with Gasteiger partial charge in [-0.2, -0.15) is 0 Å². The van der Waals surface area contributed by atoms with Gasteiger partial charge in [-0.15, -0.1) is 0 Å². The van der Waals surface area contributed by atoms with Crippen molar-refractivity contribution in [3.63, 3.8) is 0 Å². The fourth-order valence-electron chi connectivity index (χ4n) is 2.55. The van der Waals surface area contributed by atoms with Crippen LogP contribution in [0.25, 0.3) is 0 Å². The van der Waals surface area contributed by atoms with Gasteiger partial charge < -0.3 is 16.4 Å². The van der Waals surface area contributed by atoms with Crippen LogP contribution in [0.4, 0.5) is 0 Å². The predicted octanol–water partition coefficient (Wildman–Crippen LogP) is 2.63. The lowest BCUT2D eigenvalue weighted by Crippen LogP contribution is -2.57. The summed E-state index contributed by atoms with van der Waals surface area (Å²) < 4.78 is 0. The van der Waals surface area contributed by atoms with Gasteiger partial charge in [-0.25, -0.2) is 0 Å². The molecule has 0 aromatic carbocycles. The highest BCUT2D eigenvalue weighted by Crippen LogP contribution is 2.20. The van der Waals surface area contributed by atoms with Gasteiger partial charge in [0.1, 0.15) is 0 Å². The molecule has 1 amide bonds. The lowest BCUT2D eigenvalue weighted by Gasteiger charge is -2.32. The van der Waals surface area contributed by atoms with Crippen LogP contribution < -0.4 is 16.4 Å². The van der Waals surface area contributed by atoms with Crippen molar-refractivity contribution in [1.29, 1.82) is 0 Å². The standard InChI is InChI=1S/C19H39N3O2/c1-13(2)15(22-19(6,7)8)17(24)21-14(11-9-10-12-20)16(23)18(3,4)5/h13-15,22H,9-12,20H2,1-8H3,(H,21,24)/t14-,15?/m0/s1. The molecule has 0 saturated heterocycles. The minimum atomic E-state index is -0.481. The first-order chi connectivity index (χ1) is 10.8. The molecule has 0 aromatic heterocycles. The first-order valence-electron chi connectivity index (χ1n) is 9.12. The summed E-state index contributed by atoms with van der Waals surface area (Å²) in [6.07, 6.45) is 2.33. The van der Waals surface area contributed by atoms with Gasteiger partial charge in [0.25, 0.3) is 0 Å². The van der Waals surface area contributed by atoms with Crippen molar-refractivity contribution in [2.45, 2.75) is 92.3 Å². The topological polar surface area (TPSA) is 84.2 Å². The molecule has 1 unspecified atom stereocenters. The minimum Gasteiger partial charge on any atom is -0.345 e. The first kappa shape index (κ1) is 23.1. The average Bonchev–Trinajstić information content (AvgIpc) is 2.40. The summed E-state index contributed by atoms with van der Waals surface area (Å²) in [6, 6.07) is -0.776. The van der Waals surface area contributed by atoms with E-state index >= 15 is 0 Å². The molecule has 0 spiro atoms. The van der Waals surface area contributed by atoms with Gasteiger partial charge >= 0.3 is 0 Å². The maximum atomic E-state index is 12.8. The molecule has 0 heterocycles. The van der Waals surface area contributed by atoms with Crippen molar-refractivity contribution in [2.24, 2.45) is 17.1 Å². The summed E-state index contributed by atoms with van der Waals surface area (Å²) in [5.41, 5.74) is 4.90. The molecule has 0 aliphatic heterocycles. The Morgan fingerprint density at radius 2 is 1.54 bits per heavy atom. The fraction of sp³-hybridized carbons (Fsp3) is 0.895. The number of Topliss-reactive ketones (excluding diaryl/α,β-unsaturated/α-hetero) is 1. The molecule has 0 aliphatic rings. The van der Waals surface area contributed by atoms with E-state index in [9.17, 15) is 9.59 Å². The van der Waals surface area contributed by atoms with Gasteiger partial charge in [-0.3, -0.25) is 9.59 Å². The van der Waals surface area contributed by atoms with E-state index in [1.807, 2.05) is 55.4 Å². The van der Waals surface area contributed by atoms with Crippen LogP contribution in [-0.2, 0) is 9.59 Å². The number of unbranched alkanes of at least 4 members (excludes halogenated alkanes) is 1. The Bertz CT molecular complexity index is 406. The van der Waals surface area contributed by atoms with E-state index in [0.717, 1.165) is 12.8 Å². The molecule has 0 saturated carbocycles. The number of hydrogen-bond acceptors (Lipinski definition) is 4. The maximum Gasteiger partial charge on any atom is 0.237 e. The molecule has 0 aromatic rings. The smallest absolute Gasteiger partial charge is 0.237 e. The van der Waals surface area contributed by atoms with Gasteiger partial charge in [0, 0.05) is 11.0 Å². The molecule has 0 bridgehead atoms. The number of carbonyl (C=O) groups excluding carboxylic acids is 2. The zero-order chi connectivity index (χ0) is 19.1. The largest absolute Gasteiger partial charge is 0.345 e. The summed E-state index contributed by atoms with van der Waals surface area (Å²) in [4.78, 5) is 25.5. The van der Waals surface area contributed by atoms with Crippen molar-refractivity contribution in [3.05, 3.63) is 0 Å². The quantitative estimate of drug-likeness (QED) is 0.563. The minimum absolute atomic E-state index is 0.0751. The Balaban J connectivity index is 5.14. The summed E-state index contributed by atoms with van der Waals surface area (Å²) in [5.74, 6) is 0.111. The second-order valence-electron chi connectivity index (χ2n) is 9.08. The molecule has 142 valence electrons. The summed E-state index contributed by atoms with van der Waals surface area (Å²) in [6.45, 7) is 16.4. The summed E-state index contributed by atoms with van der Waals surface area (Å²) >= 11 is 0. The van der Waals surface area contributed by atoms with Crippen LogP contribution in [0.2, 0.25) is 0 Å². The molecule has 5 nitrogen and oxygen atoms in total. The number of hydrogen-bond donors (Lipinski definition) is 3. The molecule has 4 N–H and O–H groups in total. The van der Waals surface area contributed by atoms with Gasteiger partial charge in [0.2, 0.25) is 5.91 Å². The van der Waals surface area contributed by atoms with Crippen molar-refractivity contribution >= 4 is 11.7 Å². The number of carbonyl (C=O) groups is 2. The molecule has 0 rings (SSSR count). The van der Waals surface area contributed by atoms with E-state index in [1.165, 1.54) is 0 Å². The van der Waals surface area contributed by atoms with Crippen molar-refractivity contribution in [3.8, 4) is 0 Å². The lowest BCUT2D eigenvalue weighted by atomic mass is 9.84. The Morgan fingerprint density at radius 3 is 1.92 bits per heavy atom. The average molecular weight is 342 g/mol. The highest BCUT2D eigenvalue weighted by molar-refractivity contribution is 5.93. The van der Waals surface area contributed by atoms with E-state index in [-0.39, 0.29) is 29.2 Å². The Morgan fingerprint density at radius 1 is 1.00 bits per heavy atom. The third-order valence-corrected chi connectivity index (χ3v) is 3.86. The predicted molar refractivity (Wildman–Crippen MR) is 101 cm³/mol. The van der Waals surface area contributed by atoms with Gasteiger partial charge in [-0.05, 0) is 52.5 Å². The zero-order valence-corrected chi connectivity index (χ0v) is 17.0. The second kappa shape index (κ2) is 9.52. The van der Waals surface area contributed by atoms with Crippen molar-refractivity contribution in [2.75, 3.05) is 6.54 Å². The second-order valence-corrected chi connectivity index (χ2v) is 9.08. The summed E-state index contributed by atoms with van der Waals surface area (Å²) in [7, 11) is 0. The molecule has 2 atom stereocenters. The Kier molecular flexibility index (Phi) is 9.15. The number of nitrogens with two attached hydrogens (primary N) is 1. The number of ketones is 1. The Hall–Kier alpha value is -0.940. The Labute approximate surface area is 148 Å². The molecule has 0 aliphatic carbocycles. The van der Waals surface area contributed by atoms with Crippen LogP contribution in [0.15, 0.2) is 0 Å². The molecule has 0 radical (unpaired) electrons. The van der Waals surface area contributed by atoms with Crippen LogP contribution >= 0.6 is 0 Å². The third-order valence-electron chi connectivity index (χ3n) is 3.86. The number of rotatable bonds is 9. The van der Waals surface area contributed by atoms with Crippen LogP contribution in [0.1, 0.15) is 74.7 Å². The maximum absolute atomic E-state index is 12.8. The molecular formula is C19H39N3O2. The normalized spacial score (nSPS) is 15.2. The summed E-state index contributed by atoms with van der Waals surface area (Å²) in [5, 5.41) is 6.36. The number of nitrogens with one attached hydrogen (secondary N) is 2. The lowest BCUT2D eigenvalue weighted by molar-refractivity contribution is -0.134. The third kappa shape index (κ3) is 8.78. The van der Waals surface area contributed by atoms with Crippen LogP contribution in [0.5, 0.6) is 0 Å². The number of amides is 1. The monoisotopic (exact) mass is 341 g/mol. The van der Waals surface area contributed by atoms with E-state index in [0.29, 0.717) is 13.0 Å². The highest BCUT2D eigenvalue weighted by atomic mass is 16.2. The van der Waals surface area contributed by atoms with E-state index in [2.05, 4.69) is 10.6 Å². The van der Waals surface area contributed by atoms with Crippen LogP contribution in [-0.4, -0.2) is 35.9 Å². The van der Waals surface area contributed by atoms with E-state index < -0.39 is 11.5 Å². The zero-order valence-electron chi connectivity index (χ0n) is 17.0. The van der Waals surface area contributed by atoms with Gasteiger partial charge in [0.15, 0.2) is 5.78 Å².